The highest BCUT2D eigenvalue weighted by Crippen LogP contribution is 2.31. The number of hydrogen-bond donors (Lipinski definition) is 1. The van der Waals surface area contributed by atoms with Crippen molar-refractivity contribution in [2.75, 3.05) is 6.61 Å². The normalized spacial score (nSPS) is 11.9. The summed E-state index contributed by atoms with van der Waals surface area (Å²) in [5, 5.41) is 3.59. The molecule has 2 rings (SSSR count). The molecule has 0 radical (unpaired) electrons. The molecule has 0 aliphatic rings. The number of hydrogen-bond acceptors (Lipinski definition) is 5. The van der Waals surface area contributed by atoms with Gasteiger partial charge in [0.1, 0.15) is 5.75 Å². The summed E-state index contributed by atoms with van der Waals surface area (Å²) in [6.45, 7) is 6.09. The fourth-order valence-corrected chi connectivity index (χ4v) is 2.41. The van der Waals surface area contributed by atoms with Gasteiger partial charge in [0.2, 0.25) is 0 Å². The summed E-state index contributed by atoms with van der Waals surface area (Å²) in [6, 6.07) is 9.17. The fourth-order valence-electron chi connectivity index (χ4n) is 1.91. The van der Waals surface area contributed by atoms with Crippen molar-refractivity contribution in [3.8, 4) is 5.75 Å². The Balaban J connectivity index is 1.92. The number of oxime groups is 1. The molecule has 0 aliphatic heterocycles. The van der Waals surface area contributed by atoms with E-state index in [0.717, 1.165) is 10.0 Å². The number of carbonyl (C=O) groups is 1. The van der Waals surface area contributed by atoms with Gasteiger partial charge in [-0.3, -0.25) is 4.98 Å². The zero-order valence-electron chi connectivity index (χ0n) is 14.3. The number of halogens is 1. The van der Waals surface area contributed by atoms with Crippen LogP contribution in [-0.2, 0) is 15.0 Å². The molecule has 132 valence electrons. The van der Waals surface area contributed by atoms with Gasteiger partial charge < -0.3 is 15.3 Å². The zero-order chi connectivity index (χ0) is 18.4. The second kappa shape index (κ2) is 8.11. The first kappa shape index (κ1) is 18.9. The van der Waals surface area contributed by atoms with E-state index < -0.39 is 5.97 Å². The van der Waals surface area contributed by atoms with Gasteiger partial charge in [0.05, 0.1) is 4.47 Å². The standard InChI is InChI=1S/C18H20BrN3O3/c1-18(2,3)13-6-7-15(14(19)9-13)24-11-16(23)25-22-17(20)12-5-4-8-21-10-12/h4-10H,11H2,1-3H3,(H2,20,22). The Kier molecular flexibility index (Phi) is 6.14. The van der Waals surface area contributed by atoms with E-state index in [1.807, 2.05) is 18.2 Å². The lowest BCUT2D eigenvalue weighted by molar-refractivity contribution is -0.146. The van der Waals surface area contributed by atoms with E-state index in [1.54, 1.807) is 18.3 Å². The summed E-state index contributed by atoms with van der Waals surface area (Å²) in [6.07, 6.45) is 3.14. The summed E-state index contributed by atoms with van der Waals surface area (Å²) in [4.78, 5) is 20.4. The SMILES string of the molecule is CC(C)(C)c1ccc(OCC(=O)O/N=C(/N)c2cccnc2)c(Br)c1. The minimum atomic E-state index is -0.654. The Morgan fingerprint density at radius 3 is 2.68 bits per heavy atom. The fraction of sp³-hybridized carbons (Fsp3) is 0.278. The Hall–Kier alpha value is -2.41. The maximum atomic E-state index is 11.7. The average molecular weight is 406 g/mol. The molecule has 0 saturated heterocycles. The lowest BCUT2D eigenvalue weighted by atomic mass is 9.87. The molecule has 1 heterocycles. The highest BCUT2D eigenvalue weighted by molar-refractivity contribution is 9.10. The molecule has 1 aromatic heterocycles. The van der Waals surface area contributed by atoms with E-state index in [9.17, 15) is 4.79 Å². The van der Waals surface area contributed by atoms with Crippen LogP contribution in [0.4, 0.5) is 0 Å². The van der Waals surface area contributed by atoms with Crippen molar-refractivity contribution in [1.82, 2.24) is 4.98 Å². The maximum absolute atomic E-state index is 11.7. The zero-order valence-corrected chi connectivity index (χ0v) is 15.9. The van der Waals surface area contributed by atoms with Crippen molar-refractivity contribution in [1.29, 1.82) is 0 Å². The topological polar surface area (TPSA) is 86.8 Å². The van der Waals surface area contributed by atoms with Crippen LogP contribution >= 0.6 is 15.9 Å². The number of nitrogens with zero attached hydrogens (tertiary/aromatic N) is 2. The number of benzene rings is 1. The van der Waals surface area contributed by atoms with Crippen LogP contribution in [0, 0.1) is 0 Å². The summed E-state index contributed by atoms with van der Waals surface area (Å²) >= 11 is 3.45. The second-order valence-corrected chi connectivity index (χ2v) is 7.22. The monoisotopic (exact) mass is 405 g/mol. The molecule has 2 aromatic rings. The molecule has 0 atom stereocenters. The average Bonchev–Trinajstić information content (AvgIpc) is 2.58. The smallest absolute Gasteiger partial charge is 0.372 e. The summed E-state index contributed by atoms with van der Waals surface area (Å²) < 4.78 is 6.23. The highest BCUT2D eigenvalue weighted by Gasteiger charge is 2.16. The number of aromatic nitrogens is 1. The van der Waals surface area contributed by atoms with Crippen molar-refractivity contribution >= 4 is 27.7 Å². The lowest BCUT2D eigenvalue weighted by Crippen LogP contribution is -2.18. The van der Waals surface area contributed by atoms with Crippen molar-refractivity contribution in [2.45, 2.75) is 26.2 Å². The molecule has 6 nitrogen and oxygen atoms in total. The number of amidine groups is 1. The van der Waals surface area contributed by atoms with Crippen LogP contribution in [0.1, 0.15) is 31.9 Å². The lowest BCUT2D eigenvalue weighted by Gasteiger charge is -2.20. The highest BCUT2D eigenvalue weighted by atomic mass is 79.9. The Bertz CT molecular complexity index is 771. The first-order valence-electron chi connectivity index (χ1n) is 7.64. The van der Waals surface area contributed by atoms with Crippen molar-refractivity contribution < 1.29 is 14.4 Å². The molecule has 0 aliphatic carbocycles. The van der Waals surface area contributed by atoms with Gasteiger partial charge in [0.25, 0.3) is 0 Å². The molecular formula is C18H20BrN3O3. The van der Waals surface area contributed by atoms with Crippen molar-refractivity contribution in [3.05, 3.63) is 58.3 Å². The van der Waals surface area contributed by atoms with Crippen molar-refractivity contribution in [2.24, 2.45) is 10.9 Å². The third kappa shape index (κ3) is 5.56. The Morgan fingerprint density at radius 1 is 1.32 bits per heavy atom. The quantitative estimate of drug-likeness (QED) is 0.356. The van der Waals surface area contributed by atoms with E-state index >= 15 is 0 Å². The number of rotatable bonds is 5. The first-order valence-corrected chi connectivity index (χ1v) is 8.43. The van der Waals surface area contributed by atoms with Crippen LogP contribution in [0.5, 0.6) is 5.75 Å². The van der Waals surface area contributed by atoms with Gasteiger partial charge in [0.15, 0.2) is 12.4 Å². The number of pyridine rings is 1. The molecule has 2 N–H and O–H groups in total. The predicted molar refractivity (Wildman–Crippen MR) is 99.4 cm³/mol. The molecule has 7 heteroatoms. The minimum Gasteiger partial charge on any atom is -0.481 e. The molecule has 0 fully saturated rings. The van der Waals surface area contributed by atoms with Gasteiger partial charge >= 0.3 is 5.97 Å². The van der Waals surface area contributed by atoms with Gasteiger partial charge in [-0.25, -0.2) is 4.79 Å². The number of carbonyl (C=O) groups excluding carboxylic acids is 1. The molecular weight excluding hydrogens is 386 g/mol. The van der Waals surface area contributed by atoms with Crippen LogP contribution < -0.4 is 10.5 Å². The molecule has 0 spiro atoms. The van der Waals surface area contributed by atoms with Crippen LogP contribution in [0.3, 0.4) is 0 Å². The van der Waals surface area contributed by atoms with E-state index in [-0.39, 0.29) is 17.9 Å². The van der Waals surface area contributed by atoms with E-state index in [4.69, 9.17) is 15.3 Å². The number of ether oxygens (including phenoxy) is 1. The van der Waals surface area contributed by atoms with Crippen LogP contribution in [0.2, 0.25) is 0 Å². The van der Waals surface area contributed by atoms with Crippen LogP contribution in [0.15, 0.2) is 52.4 Å². The molecule has 25 heavy (non-hydrogen) atoms. The Morgan fingerprint density at radius 2 is 2.08 bits per heavy atom. The predicted octanol–water partition coefficient (Wildman–Crippen LogP) is 3.38. The van der Waals surface area contributed by atoms with Gasteiger partial charge in [-0.1, -0.05) is 32.0 Å². The largest absolute Gasteiger partial charge is 0.481 e. The third-order valence-corrected chi connectivity index (χ3v) is 3.97. The van der Waals surface area contributed by atoms with E-state index in [0.29, 0.717) is 11.3 Å². The van der Waals surface area contributed by atoms with Crippen molar-refractivity contribution in [3.63, 3.8) is 0 Å². The summed E-state index contributed by atoms with van der Waals surface area (Å²) in [5.41, 5.74) is 7.46. The first-order chi connectivity index (χ1) is 11.8. The molecule has 0 bridgehead atoms. The Labute approximate surface area is 155 Å². The summed E-state index contributed by atoms with van der Waals surface area (Å²) in [7, 11) is 0. The van der Waals surface area contributed by atoms with E-state index in [2.05, 4.69) is 46.8 Å². The van der Waals surface area contributed by atoms with E-state index in [1.165, 1.54) is 6.20 Å². The van der Waals surface area contributed by atoms with Gasteiger partial charge in [0, 0.05) is 18.0 Å². The van der Waals surface area contributed by atoms with Crippen LogP contribution in [0.25, 0.3) is 0 Å². The second-order valence-electron chi connectivity index (χ2n) is 6.37. The van der Waals surface area contributed by atoms with Crippen LogP contribution in [-0.4, -0.2) is 23.4 Å². The molecule has 1 aromatic carbocycles. The molecule has 0 unspecified atom stereocenters. The number of nitrogens with two attached hydrogens (primary N) is 1. The van der Waals surface area contributed by atoms with Gasteiger partial charge in [-0.05, 0) is 51.2 Å². The van der Waals surface area contributed by atoms with Gasteiger partial charge in [-0.2, -0.15) is 0 Å². The van der Waals surface area contributed by atoms with Gasteiger partial charge in [-0.15, -0.1) is 0 Å². The third-order valence-electron chi connectivity index (χ3n) is 3.35. The summed E-state index contributed by atoms with van der Waals surface area (Å²) in [5.74, 6) is -0.0371. The molecule has 0 saturated carbocycles. The maximum Gasteiger partial charge on any atom is 0.372 e. The molecule has 0 amide bonds. The minimum absolute atomic E-state index is 0.0263.